The number of rotatable bonds is 8. The summed E-state index contributed by atoms with van der Waals surface area (Å²) in [5.74, 6) is 0.775. The van der Waals surface area contributed by atoms with E-state index < -0.39 is 9.04 Å². The Hall–Kier alpha value is -1.97. The Balaban J connectivity index is 2.00. The Bertz CT molecular complexity index is 889. The topological polar surface area (TPSA) is 26.3 Å². The number of benzene rings is 2. The van der Waals surface area contributed by atoms with Crippen LogP contribution in [0.1, 0.15) is 61.3 Å². The van der Waals surface area contributed by atoms with Crippen LogP contribution in [0.15, 0.2) is 72.8 Å². The molecular weight excluding hydrogens is 420 g/mol. The van der Waals surface area contributed by atoms with Gasteiger partial charge in [-0.3, -0.25) is 4.79 Å². The molecule has 3 rings (SSSR count). The van der Waals surface area contributed by atoms with E-state index in [0.29, 0.717) is 11.8 Å². The first-order valence-corrected chi connectivity index (χ1v) is 14.0. The van der Waals surface area contributed by atoms with Crippen LogP contribution in [-0.4, -0.2) is 21.4 Å². The smallest absolute Gasteiger partial charge is 0.240 e. The second-order valence-corrected chi connectivity index (χ2v) is 14.1. The van der Waals surface area contributed by atoms with Gasteiger partial charge in [-0.2, -0.15) is 0 Å². The van der Waals surface area contributed by atoms with Crippen LogP contribution in [0.3, 0.4) is 0 Å². The maximum atomic E-state index is 11.0. The molecule has 0 spiro atoms. The standard InChI is InChI=1S/C30H42O2Si/c1-23(15-14-22-31)30(7)21-20-26(29(30,5)6)27(28(2,3)4)32-33(24-16-10-8-11-17-24)25-18-12-9-13-19-25/h8-19,22-23,26-27,33H,20-21H2,1-7H3/t23-,26-,27?,30+/m0/s1. The molecular formula is C30H42O2Si. The SMILES string of the molecule is C[C@@H](C=CC=O)[C@@]1(C)CC[C@@H](C(O[SiH](c2ccccc2)c2ccccc2)C(C)(C)C)C1(C)C. The van der Waals surface area contributed by atoms with Crippen LogP contribution in [-0.2, 0) is 9.22 Å². The molecule has 0 heterocycles. The van der Waals surface area contributed by atoms with Gasteiger partial charge in [0.1, 0.15) is 6.29 Å². The van der Waals surface area contributed by atoms with Gasteiger partial charge in [0.2, 0.25) is 9.04 Å². The molecule has 33 heavy (non-hydrogen) atoms. The minimum absolute atomic E-state index is 0.0177. The highest BCUT2D eigenvalue weighted by Crippen LogP contribution is 2.62. The lowest BCUT2D eigenvalue weighted by Gasteiger charge is -2.50. The molecule has 0 amide bonds. The molecule has 1 aliphatic carbocycles. The summed E-state index contributed by atoms with van der Waals surface area (Å²) < 4.78 is 7.33. The summed E-state index contributed by atoms with van der Waals surface area (Å²) >= 11 is 0. The molecule has 1 saturated carbocycles. The molecule has 0 saturated heterocycles. The Morgan fingerprint density at radius 1 is 0.970 bits per heavy atom. The molecule has 2 aromatic rings. The largest absolute Gasteiger partial charge is 0.407 e. The molecule has 178 valence electrons. The highest BCUT2D eigenvalue weighted by molar-refractivity contribution is 6.80. The van der Waals surface area contributed by atoms with Gasteiger partial charge in [0.15, 0.2) is 0 Å². The van der Waals surface area contributed by atoms with Crippen LogP contribution < -0.4 is 10.4 Å². The number of hydrogen-bond acceptors (Lipinski definition) is 2. The van der Waals surface area contributed by atoms with Gasteiger partial charge in [0.05, 0.1) is 6.10 Å². The lowest BCUT2D eigenvalue weighted by atomic mass is 9.58. The van der Waals surface area contributed by atoms with Crippen molar-refractivity contribution >= 4 is 25.7 Å². The first-order chi connectivity index (χ1) is 15.5. The fraction of sp³-hybridized carbons (Fsp3) is 0.500. The van der Waals surface area contributed by atoms with Crippen molar-refractivity contribution in [1.29, 1.82) is 0 Å². The molecule has 0 radical (unpaired) electrons. The van der Waals surface area contributed by atoms with Crippen molar-refractivity contribution in [1.82, 2.24) is 0 Å². The average Bonchev–Trinajstić information content (AvgIpc) is 3.03. The van der Waals surface area contributed by atoms with Crippen LogP contribution in [0.4, 0.5) is 0 Å². The Kier molecular flexibility index (Phi) is 7.86. The van der Waals surface area contributed by atoms with Gasteiger partial charge >= 0.3 is 0 Å². The quantitative estimate of drug-likeness (QED) is 0.282. The van der Waals surface area contributed by atoms with E-state index in [0.717, 1.165) is 19.1 Å². The minimum atomic E-state index is -1.87. The highest BCUT2D eigenvalue weighted by atomic mass is 28.3. The number of aldehydes is 1. The molecule has 3 heteroatoms. The first-order valence-electron chi connectivity index (χ1n) is 12.4. The number of hydrogen-bond donors (Lipinski definition) is 0. The van der Waals surface area contributed by atoms with E-state index in [9.17, 15) is 4.79 Å². The zero-order valence-corrected chi connectivity index (χ0v) is 22.7. The van der Waals surface area contributed by atoms with Crippen molar-refractivity contribution in [2.45, 2.75) is 67.4 Å². The average molecular weight is 463 g/mol. The number of carbonyl (C=O) groups excluding carboxylic acids is 1. The maximum Gasteiger partial charge on any atom is 0.240 e. The van der Waals surface area contributed by atoms with E-state index in [2.05, 4.69) is 115 Å². The molecule has 2 nitrogen and oxygen atoms in total. The van der Waals surface area contributed by atoms with Gasteiger partial charge in [-0.15, -0.1) is 0 Å². The van der Waals surface area contributed by atoms with Gasteiger partial charge < -0.3 is 4.43 Å². The van der Waals surface area contributed by atoms with Gasteiger partial charge in [-0.25, -0.2) is 0 Å². The van der Waals surface area contributed by atoms with Gasteiger partial charge in [0, 0.05) is 0 Å². The highest BCUT2D eigenvalue weighted by Gasteiger charge is 2.57. The molecule has 0 aromatic heterocycles. The van der Waals surface area contributed by atoms with Crippen LogP contribution in [0, 0.1) is 28.1 Å². The van der Waals surface area contributed by atoms with Crippen molar-refractivity contribution in [3.05, 3.63) is 72.8 Å². The number of allylic oxidation sites excluding steroid dienone is 2. The third-order valence-corrected chi connectivity index (χ3v) is 11.1. The maximum absolute atomic E-state index is 11.0. The third kappa shape index (κ3) is 5.25. The normalized spacial score (nSPS) is 24.8. The lowest BCUT2D eigenvalue weighted by Crippen LogP contribution is -2.54. The van der Waals surface area contributed by atoms with Crippen molar-refractivity contribution in [2.24, 2.45) is 28.1 Å². The summed E-state index contributed by atoms with van der Waals surface area (Å²) in [5, 5.41) is 2.66. The Morgan fingerprint density at radius 3 is 1.94 bits per heavy atom. The summed E-state index contributed by atoms with van der Waals surface area (Å²) in [6.07, 6.45) is 7.11. The molecule has 1 fully saturated rings. The summed E-state index contributed by atoms with van der Waals surface area (Å²) in [6.45, 7) is 16.5. The summed E-state index contributed by atoms with van der Waals surface area (Å²) in [6, 6.07) is 21.6. The molecule has 0 aliphatic heterocycles. The minimum Gasteiger partial charge on any atom is -0.407 e. The zero-order valence-electron chi connectivity index (χ0n) is 21.5. The van der Waals surface area contributed by atoms with Crippen LogP contribution >= 0.6 is 0 Å². The van der Waals surface area contributed by atoms with Gasteiger partial charge in [0.25, 0.3) is 0 Å². The Morgan fingerprint density at radius 2 is 1.48 bits per heavy atom. The van der Waals surface area contributed by atoms with E-state index in [1.807, 2.05) is 0 Å². The monoisotopic (exact) mass is 462 g/mol. The molecule has 0 bridgehead atoms. The molecule has 1 unspecified atom stereocenters. The van der Waals surface area contributed by atoms with Crippen molar-refractivity contribution < 1.29 is 9.22 Å². The summed E-state index contributed by atoms with van der Waals surface area (Å²) in [7, 11) is -1.87. The summed E-state index contributed by atoms with van der Waals surface area (Å²) in [4.78, 5) is 11.0. The van der Waals surface area contributed by atoms with Crippen LogP contribution in [0.2, 0.25) is 0 Å². The van der Waals surface area contributed by atoms with Gasteiger partial charge in [-0.1, -0.05) is 115 Å². The van der Waals surface area contributed by atoms with E-state index in [4.69, 9.17) is 4.43 Å². The fourth-order valence-corrected chi connectivity index (χ4v) is 8.72. The molecule has 4 atom stereocenters. The predicted molar refractivity (Wildman–Crippen MR) is 143 cm³/mol. The second kappa shape index (κ2) is 10.1. The first kappa shape index (κ1) is 25.6. The number of carbonyl (C=O) groups is 1. The molecule has 2 aromatic carbocycles. The van der Waals surface area contributed by atoms with E-state index >= 15 is 0 Å². The van der Waals surface area contributed by atoms with Crippen LogP contribution in [0.5, 0.6) is 0 Å². The van der Waals surface area contributed by atoms with Crippen molar-refractivity contribution in [3.63, 3.8) is 0 Å². The third-order valence-electron chi connectivity index (χ3n) is 8.56. The summed E-state index contributed by atoms with van der Waals surface area (Å²) in [5.41, 5.74) is 0.203. The predicted octanol–water partition coefficient (Wildman–Crippen LogP) is 5.79. The zero-order chi connectivity index (χ0) is 24.3. The van der Waals surface area contributed by atoms with Crippen LogP contribution in [0.25, 0.3) is 0 Å². The van der Waals surface area contributed by atoms with Crippen molar-refractivity contribution in [2.75, 3.05) is 0 Å². The Labute approximate surface area is 203 Å². The second-order valence-electron chi connectivity index (χ2n) is 11.7. The lowest BCUT2D eigenvalue weighted by molar-refractivity contribution is -0.104. The van der Waals surface area contributed by atoms with E-state index in [-0.39, 0.29) is 22.3 Å². The molecule has 0 N–H and O–H groups in total. The van der Waals surface area contributed by atoms with Crippen molar-refractivity contribution in [3.8, 4) is 0 Å². The van der Waals surface area contributed by atoms with E-state index in [1.165, 1.54) is 10.4 Å². The van der Waals surface area contributed by atoms with Gasteiger partial charge in [-0.05, 0) is 57.4 Å². The van der Waals surface area contributed by atoms with E-state index in [1.54, 1.807) is 6.08 Å². The molecule has 1 aliphatic rings. The fourth-order valence-electron chi connectivity index (χ4n) is 5.98.